The van der Waals surface area contributed by atoms with Crippen molar-refractivity contribution >= 4 is 5.91 Å². The molecule has 1 aromatic rings. The summed E-state index contributed by atoms with van der Waals surface area (Å²) in [4.78, 5) is 11.2. The molecule has 1 rings (SSSR count). The van der Waals surface area contributed by atoms with Crippen LogP contribution in [0, 0.1) is 12.7 Å². The van der Waals surface area contributed by atoms with Gasteiger partial charge in [-0.3, -0.25) is 4.79 Å². The van der Waals surface area contributed by atoms with Crippen molar-refractivity contribution in [1.82, 2.24) is 5.32 Å². The zero-order valence-corrected chi connectivity index (χ0v) is 9.14. The van der Waals surface area contributed by atoms with Crippen molar-refractivity contribution in [1.29, 1.82) is 0 Å². The fourth-order valence-electron chi connectivity index (χ4n) is 1.35. The molecule has 2 nitrogen and oxygen atoms in total. The van der Waals surface area contributed by atoms with Crippen LogP contribution in [0.25, 0.3) is 0 Å². The fraction of sp³-hybridized carbons (Fsp3) is 0.417. The molecule has 1 N–H and O–H groups in total. The van der Waals surface area contributed by atoms with Crippen molar-refractivity contribution in [2.75, 3.05) is 0 Å². The maximum atomic E-state index is 13.3. The molecule has 82 valence electrons. The molecule has 15 heavy (non-hydrogen) atoms. The van der Waals surface area contributed by atoms with Gasteiger partial charge < -0.3 is 5.32 Å². The molecule has 0 radical (unpaired) electrons. The van der Waals surface area contributed by atoms with E-state index in [-0.39, 0.29) is 18.3 Å². The molecule has 1 aromatic carbocycles. The lowest BCUT2D eigenvalue weighted by Gasteiger charge is -2.06. The van der Waals surface area contributed by atoms with E-state index in [1.165, 1.54) is 6.07 Å². The summed E-state index contributed by atoms with van der Waals surface area (Å²) in [6.45, 7) is 4.11. The van der Waals surface area contributed by atoms with Gasteiger partial charge in [-0.1, -0.05) is 24.6 Å². The maximum absolute atomic E-state index is 13.3. The standard InChI is InChI=1S/C12H16FNO/c1-3-4-12(15)14-8-10-7-9(2)5-6-11(10)13/h5-7H,3-4,8H2,1-2H3,(H,14,15). The summed E-state index contributed by atoms with van der Waals surface area (Å²) in [6.07, 6.45) is 1.30. The van der Waals surface area contributed by atoms with E-state index in [9.17, 15) is 9.18 Å². The second kappa shape index (κ2) is 5.49. The average molecular weight is 209 g/mol. The predicted octanol–water partition coefficient (Wildman–Crippen LogP) is 2.55. The number of benzene rings is 1. The summed E-state index contributed by atoms with van der Waals surface area (Å²) < 4.78 is 13.3. The first-order valence-corrected chi connectivity index (χ1v) is 5.15. The van der Waals surface area contributed by atoms with Crippen molar-refractivity contribution in [2.45, 2.75) is 33.2 Å². The molecule has 0 fully saturated rings. The van der Waals surface area contributed by atoms with Gasteiger partial charge in [-0.15, -0.1) is 0 Å². The minimum absolute atomic E-state index is 0.0293. The highest BCUT2D eigenvalue weighted by molar-refractivity contribution is 5.75. The van der Waals surface area contributed by atoms with E-state index in [1.807, 2.05) is 13.8 Å². The Kier molecular flexibility index (Phi) is 4.28. The second-order valence-electron chi connectivity index (χ2n) is 3.62. The molecule has 0 spiro atoms. The zero-order chi connectivity index (χ0) is 11.3. The first kappa shape index (κ1) is 11.7. The molecule has 0 saturated carbocycles. The van der Waals surface area contributed by atoms with Crippen LogP contribution in [0.4, 0.5) is 4.39 Å². The van der Waals surface area contributed by atoms with Gasteiger partial charge in [-0.05, 0) is 19.4 Å². The molecular weight excluding hydrogens is 193 g/mol. The Balaban J connectivity index is 2.57. The molecule has 0 aliphatic rings. The highest BCUT2D eigenvalue weighted by atomic mass is 19.1. The number of rotatable bonds is 4. The number of hydrogen-bond donors (Lipinski definition) is 1. The van der Waals surface area contributed by atoms with Crippen LogP contribution < -0.4 is 5.32 Å². The van der Waals surface area contributed by atoms with Gasteiger partial charge in [-0.25, -0.2) is 4.39 Å². The number of nitrogens with one attached hydrogen (secondary N) is 1. The van der Waals surface area contributed by atoms with E-state index in [1.54, 1.807) is 12.1 Å². The smallest absolute Gasteiger partial charge is 0.220 e. The lowest BCUT2D eigenvalue weighted by atomic mass is 10.1. The van der Waals surface area contributed by atoms with Gasteiger partial charge >= 0.3 is 0 Å². The van der Waals surface area contributed by atoms with Crippen LogP contribution in [0.15, 0.2) is 18.2 Å². The minimum atomic E-state index is -0.266. The van der Waals surface area contributed by atoms with Gasteiger partial charge in [0.2, 0.25) is 5.91 Å². The first-order chi connectivity index (χ1) is 7.13. The van der Waals surface area contributed by atoms with Crippen LogP contribution in [0.5, 0.6) is 0 Å². The molecule has 0 aromatic heterocycles. The molecule has 1 amide bonds. The Morgan fingerprint density at radius 1 is 1.47 bits per heavy atom. The van der Waals surface area contributed by atoms with E-state index < -0.39 is 0 Å². The molecule has 0 saturated heterocycles. The molecule has 0 heterocycles. The number of hydrogen-bond acceptors (Lipinski definition) is 1. The fourth-order valence-corrected chi connectivity index (χ4v) is 1.35. The van der Waals surface area contributed by atoms with Gasteiger partial charge in [0.1, 0.15) is 5.82 Å². The van der Waals surface area contributed by atoms with Crippen LogP contribution in [0.1, 0.15) is 30.9 Å². The van der Waals surface area contributed by atoms with Gasteiger partial charge in [0.25, 0.3) is 0 Å². The van der Waals surface area contributed by atoms with Gasteiger partial charge in [0, 0.05) is 18.5 Å². The van der Waals surface area contributed by atoms with E-state index in [0.29, 0.717) is 12.0 Å². The van der Waals surface area contributed by atoms with Crippen molar-refractivity contribution < 1.29 is 9.18 Å². The Morgan fingerprint density at radius 3 is 2.87 bits per heavy atom. The van der Waals surface area contributed by atoms with E-state index in [0.717, 1.165) is 12.0 Å². The van der Waals surface area contributed by atoms with Crippen LogP contribution in [0.3, 0.4) is 0 Å². The lowest BCUT2D eigenvalue weighted by Crippen LogP contribution is -2.22. The Morgan fingerprint density at radius 2 is 2.20 bits per heavy atom. The van der Waals surface area contributed by atoms with Crippen molar-refractivity contribution in [3.8, 4) is 0 Å². The van der Waals surface area contributed by atoms with E-state index >= 15 is 0 Å². The molecular formula is C12H16FNO. The molecule has 0 aliphatic carbocycles. The summed E-state index contributed by atoms with van der Waals surface area (Å²) >= 11 is 0. The third-order valence-electron chi connectivity index (χ3n) is 2.15. The number of carbonyl (C=O) groups excluding carboxylic acids is 1. The van der Waals surface area contributed by atoms with E-state index in [4.69, 9.17) is 0 Å². The number of carbonyl (C=O) groups is 1. The summed E-state index contributed by atoms with van der Waals surface area (Å²) in [6, 6.07) is 4.89. The summed E-state index contributed by atoms with van der Waals surface area (Å²) in [5.74, 6) is -0.296. The minimum Gasteiger partial charge on any atom is -0.352 e. The van der Waals surface area contributed by atoms with Gasteiger partial charge in [-0.2, -0.15) is 0 Å². The SMILES string of the molecule is CCCC(=O)NCc1cc(C)ccc1F. The molecule has 3 heteroatoms. The van der Waals surface area contributed by atoms with Crippen molar-refractivity contribution in [3.63, 3.8) is 0 Å². The molecule has 0 bridgehead atoms. The predicted molar refractivity (Wildman–Crippen MR) is 57.9 cm³/mol. The quantitative estimate of drug-likeness (QED) is 0.811. The third kappa shape index (κ3) is 3.70. The largest absolute Gasteiger partial charge is 0.352 e. The van der Waals surface area contributed by atoms with Crippen LogP contribution in [-0.2, 0) is 11.3 Å². The second-order valence-corrected chi connectivity index (χ2v) is 3.62. The lowest BCUT2D eigenvalue weighted by molar-refractivity contribution is -0.121. The first-order valence-electron chi connectivity index (χ1n) is 5.15. The molecule has 0 atom stereocenters. The highest BCUT2D eigenvalue weighted by Gasteiger charge is 2.04. The van der Waals surface area contributed by atoms with Crippen LogP contribution in [0.2, 0.25) is 0 Å². The average Bonchev–Trinajstić information content (AvgIpc) is 2.20. The third-order valence-corrected chi connectivity index (χ3v) is 2.15. The number of halogens is 1. The normalized spacial score (nSPS) is 10.1. The highest BCUT2D eigenvalue weighted by Crippen LogP contribution is 2.09. The Bertz CT molecular complexity index is 349. The van der Waals surface area contributed by atoms with E-state index in [2.05, 4.69) is 5.32 Å². The zero-order valence-electron chi connectivity index (χ0n) is 9.14. The summed E-state index contributed by atoms with van der Waals surface area (Å²) in [7, 11) is 0. The molecule has 0 unspecified atom stereocenters. The van der Waals surface area contributed by atoms with Crippen molar-refractivity contribution in [2.24, 2.45) is 0 Å². The van der Waals surface area contributed by atoms with Crippen molar-refractivity contribution in [3.05, 3.63) is 35.1 Å². The Labute approximate surface area is 89.5 Å². The summed E-state index contributed by atoms with van der Waals surface area (Å²) in [5.41, 5.74) is 1.54. The topological polar surface area (TPSA) is 29.1 Å². The monoisotopic (exact) mass is 209 g/mol. The summed E-state index contributed by atoms with van der Waals surface area (Å²) in [5, 5.41) is 2.69. The number of aryl methyl sites for hydroxylation is 1. The molecule has 0 aliphatic heterocycles. The van der Waals surface area contributed by atoms with Gasteiger partial charge in [0.15, 0.2) is 0 Å². The Hall–Kier alpha value is -1.38. The van der Waals surface area contributed by atoms with Gasteiger partial charge in [0.05, 0.1) is 0 Å². The maximum Gasteiger partial charge on any atom is 0.220 e. The van der Waals surface area contributed by atoms with Crippen LogP contribution in [-0.4, -0.2) is 5.91 Å². The number of amides is 1. The van der Waals surface area contributed by atoms with Crippen LogP contribution >= 0.6 is 0 Å².